The molecular weight excluding hydrogens is 409 g/mol. The molecule has 2 aromatic carbocycles. The fourth-order valence-corrected chi connectivity index (χ4v) is 3.44. The molecule has 0 radical (unpaired) electrons. The maximum atomic E-state index is 13.1. The topological polar surface area (TPSA) is 62.4 Å². The number of alkyl halides is 3. The Morgan fingerprint density at radius 2 is 1.74 bits per heavy atom. The van der Waals surface area contributed by atoms with Gasteiger partial charge in [0.05, 0.1) is 18.6 Å². The molecule has 164 valence electrons. The van der Waals surface area contributed by atoms with Crippen LogP contribution >= 0.6 is 0 Å². The lowest BCUT2D eigenvalue weighted by Gasteiger charge is -2.22. The number of benzene rings is 2. The average Bonchev–Trinajstić information content (AvgIpc) is 3.02. The van der Waals surface area contributed by atoms with E-state index in [1.807, 2.05) is 31.2 Å². The molecule has 3 rings (SSSR count). The van der Waals surface area contributed by atoms with Crippen molar-refractivity contribution >= 4 is 22.8 Å². The highest BCUT2D eigenvalue weighted by molar-refractivity contribution is 5.91. The molecule has 0 aliphatic heterocycles. The number of halogens is 3. The molecule has 0 bridgehead atoms. The molecule has 0 spiro atoms. The lowest BCUT2D eigenvalue weighted by atomic mass is 10.1. The molecule has 0 saturated carbocycles. The number of hydrogen-bond acceptors (Lipinski definition) is 3. The molecule has 1 N–H and O–H groups in total. The molecular formula is C23H23F3N2O3. The summed E-state index contributed by atoms with van der Waals surface area (Å²) in [5.41, 5.74) is 2.29. The highest BCUT2D eigenvalue weighted by Crippen LogP contribution is 2.29. The maximum absolute atomic E-state index is 13.1. The van der Waals surface area contributed by atoms with Crippen LogP contribution in [-0.2, 0) is 33.5 Å². The SMILES string of the molecule is CCOC(=O)CN(Cc1ccc(C(F)(F)F)cc1)C(=O)Cc1c(C)[nH]c2ccccc12. The minimum atomic E-state index is -4.44. The molecule has 1 heterocycles. The van der Waals surface area contributed by atoms with Gasteiger partial charge in [-0.15, -0.1) is 0 Å². The minimum absolute atomic E-state index is 0.00279. The Kier molecular flexibility index (Phi) is 6.68. The molecule has 0 unspecified atom stereocenters. The lowest BCUT2D eigenvalue weighted by Crippen LogP contribution is -2.37. The van der Waals surface area contributed by atoms with E-state index in [0.29, 0.717) is 5.56 Å². The molecule has 1 aromatic heterocycles. The van der Waals surface area contributed by atoms with Gasteiger partial charge in [0.1, 0.15) is 6.54 Å². The molecule has 0 aliphatic rings. The van der Waals surface area contributed by atoms with Crippen LogP contribution in [-0.4, -0.2) is 34.9 Å². The predicted octanol–water partition coefficient (Wildman–Crippen LogP) is 4.63. The van der Waals surface area contributed by atoms with Crippen LogP contribution in [0.15, 0.2) is 48.5 Å². The first kappa shape index (κ1) is 22.4. The van der Waals surface area contributed by atoms with Gasteiger partial charge in [-0.25, -0.2) is 0 Å². The molecule has 31 heavy (non-hydrogen) atoms. The van der Waals surface area contributed by atoms with Gasteiger partial charge < -0.3 is 14.6 Å². The van der Waals surface area contributed by atoms with Gasteiger partial charge in [0.25, 0.3) is 0 Å². The van der Waals surface area contributed by atoms with Crippen molar-refractivity contribution in [1.29, 1.82) is 0 Å². The number of amides is 1. The minimum Gasteiger partial charge on any atom is -0.465 e. The van der Waals surface area contributed by atoms with Crippen molar-refractivity contribution in [2.75, 3.05) is 13.2 Å². The number of ether oxygens (including phenoxy) is 1. The van der Waals surface area contributed by atoms with E-state index in [-0.39, 0.29) is 32.0 Å². The van der Waals surface area contributed by atoms with Crippen molar-refractivity contribution in [3.05, 3.63) is 70.9 Å². The van der Waals surface area contributed by atoms with Crippen molar-refractivity contribution in [1.82, 2.24) is 9.88 Å². The van der Waals surface area contributed by atoms with E-state index in [9.17, 15) is 22.8 Å². The van der Waals surface area contributed by atoms with E-state index in [4.69, 9.17) is 4.74 Å². The van der Waals surface area contributed by atoms with Crippen LogP contribution in [0.25, 0.3) is 10.9 Å². The summed E-state index contributed by atoms with van der Waals surface area (Å²) in [5, 5.41) is 0.916. The number of para-hydroxylation sites is 1. The van der Waals surface area contributed by atoms with E-state index in [0.717, 1.165) is 34.3 Å². The molecule has 0 fully saturated rings. The number of H-pyrrole nitrogens is 1. The van der Waals surface area contributed by atoms with Crippen LogP contribution in [0.1, 0.15) is 29.3 Å². The lowest BCUT2D eigenvalue weighted by molar-refractivity contribution is -0.149. The second-order valence-electron chi connectivity index (χ2n) is 7.20. The number of aromatic amines is 1. The zero-order chi connectivity index (χ0) is 22.6. The van der Waals surface area contributed by atoms with Crippen LogP contribution in [0, 0.1) is 6.92 Å². The third-order valence-electron chi connectivity index (χ3n) is 4.99. The summed E-state index contributed by atoms with van der Waals surface area (Å²) in [6, 6.07) is 12.1. The monoisotopic (exact) mass is 432 g/mol. The van der Waals surface area contributed by atoms with E-state index >= 15 is 0 Å². The molecule has 0 saturated heterocycles. The zero-order valence-corrected chi connectivity index (χ0v) is 17.3. The number of esters is 1. The number of carbonyl (C=O) groups excluding carboxylic acids is 2. The second kappa shape index (κ2) is 9.24. The van der Waals surface area contributed by atoms with Crippen LogP contribution < -0.4 is 0 Å². The Morgan fingerprint density at radius 3 is 2.39 bits per heavy atom. The number of carbonyl (C=O) groups is 2. The molecule has 0 aliphatic carbocycles. The molecule has 8 heteroatoms. The fraction of sp³-hybridized carbons (Fsp3) is 0.304. The summed E-state index contributed by atoms with van der Waals surface area (Å²) in [5.74, 6) is -0.890. The summed E-state index contributed by atoms with van der Waals surface area (Å²) < 4.78 is 43.4. The molecule has 3 aromatic rings. The van der Waals surface area contributed by atoms with Crippen molar-refractivity contribution in [3.8, 4) is 0 Å². The number of rotatable bonds is 7. The molecule has 0 atom stereocenters. The predicted molar refractivity (Wildman–Crippen MR) is 110 cm³/mol. The number of nitrogens with zero attached hydrogens (tertiary/aromatic N) is 1. The summed E-state index contributed by atoms with van der Waals surface area (Å²) in [6.07, 6.45) is -4.39. The van der Waals surface area contributed by atoms with Crippen LogP contribution in [0.3, 0.4) is 0 Å². The Morgan fingerprint density at radius 1 is 1.06 bits per heavy atom. The van der Waals surface area contributed by atoms with Gasteiger partial charge in [0.15, 0.2) is 0 Å². The smallest absolute Gasteiger partial charge is 0.416 e. The number of fused-ring (bicyclic) bond motifs is 1. The van der Waals surface area contributed by atoms with Crippen LogP contribution in [0.4, 0.5) is 13.2 Å². The average molecular weight is 432 g/mol. The fourth-order valence-electron chi connectivity index (χ4n) is 3.44. The summed E-state index contributed by atoms with van der Waals surface area (Å²) in [6.45, 7) is 3.42. The van der Waals surface area contributed by atoms with Gasteiger partial charge in [0, 0.05) is 23.1 Å². The number of aryl methyl sites for hydroxylation is 1. The normalized spacial score (nSPS) is 11.5. The van der Waals surface area contributed by atoms with Crippen molar-refractivity contribution in [2.45, 2.75) is 33.0 Å². The third kappa shape index (κ3) is 5.45. The zero-order valence-electron chi connectivity index (χ0n) is 17.3. The summed E-state index contributed by atoms with van der Waals surface area (Å²) in [7, 11) is 0. The first-order valence-electron chi connectivity index (χ1n) is 9.84. The molecule has 5 nitrogen and oxygen atoms in total. The number of nitrogens with one attached hydrogen (secondary N) is 1. The van der Waals surface area contributed by atoms with Gasteiger partial charge in [-0.05, 0) is 43.2 Å². The highest BCUT2D eigenvalue weighted by Gasteiger charge is 2.30. The first-order valence-corrected chi connectivity index (χ1v) is 9.84. The van der Waals surface area contributed by atoms with Crippen LogP contribution in [0.2, 0.25) is 0 Å². The summed E-state index contributed by atoms with van der Waals surface area (Å²) >= 11 is 0. The second-order valence-corrected chi connectivity index (χ2v) is 7.20. The maximum Gasteiger partial charge on any atom is 0.416 e. The van der Waals surface area contributed by atoms with E-state index in [1.54, 1.807) is 6.92 Å². The third-order valence-corrected chi connectivity index (χ3v) is 4.99. The van der Waals surface area contributed by atoms with Crippen molar-refractivity contribution < 1.29 is 27.5 Å². The Bertz CT molecular complexity index is 1070. The van der Waals surface area contributed by atoms with Crippen molar-refractivity contribution in [3.63, 3.8) is 0 Å². The standard InChI is InChI=1S/C23H23F3N2O3/c1-3-31-22(30)14-28(13-16-8-10-17(11-9-16)23(24,25)26)21(29)12-19-15(2)27-20-7-5-4-6-18(19)20/h4-11,27H,3,12-14H2,1-2H3. The highest BCUT2D eigenvalue weighted by atomic mass is 19.4. The molecule has 1 amide bonds. The van der Waals surface area contributed by atoms with Crippen molar-refractivity contribution in [2.24, 2.45) is 0 Å². The first-order chi connectivity index (χ1) is 14.7. The van der Waals surface area contributed by atoms with Gasteiger partial charge in [-0.3, -0.25) is 9.59 Å². The van der Waals surface area contributed by atoms with Crippen LogP contribution in [0.5, 0.6) is 0 Å². The number of aromatic nitrogens is 1. The van der Waals surface area contributed by atoms with E-state index in [1.165, 1.54) is 17.0 Å². The van der Waals surface area contributed by atoms with Gasteiger partial charge >= 0.3 is 12.1 Å². The Labute approximate surface area is 177 Å². The van der Waals surface area contributed by atoms with E-state index < -0.39 is 17.7 Å². The van der Waals surface area contributed by atoms with Gasteiger partial charge in [-0.1, -0.05) is 30.3 Å². The number of hydrogen-bond donors (Lipinski definition) is 1. The Hall–Kier alpha value is -3.29. The van der Waals surface area contributed by atoms with Gasteiger partial charge in [0.2, 0.25) is 5.91 Å². The summed E-state index contributed by atoms with van der Waals surface area (Å²) in [4.78, 5) is 29.7. The van der Waals surface area contributed by atoms with E-state index in [2.05, 4.69) is 4.98 Å². The Balaban J connectivity index is 1.83. The van der Waals surface area contributed by atoms with Gasteiger partial charge in [-0.2, -0.15) is 13.2 Å². The quantitative estimate of drug-likeness (QED) is 0.554. The largest absolute Gasteiger partial charge is 0.465 e.